The zero-order valence-corrected chi connectivity index (χ0v) is 9.23. The molecule has 0 atom stereocenters. The topological polar surface area (TPSA) is 38.1 Å². The molecule has 16 heavy (non-hydrogen) atoms. The lowest BCUT2D eigenvalue weighted by Gasteiger charge is -2.24. The maximum Gasteiger partial charge on any atom is 0.226 e. The van der Waals surface area contributed by atoms with Gasteiger partial charge in [0.1, 0.15) is 5.76 Å². The van der Waals surface area contributed by atoms with Crippen molar-refractivity contribution in [3.05, 3.63) is 41.8 Å². The SMILES string of the molecule is Cc1ccccc1-c1ncc(C2CNC2)o1. The Hall–Kier alpha value is -1.61. The van der Waals surface area contributed by atoms with Crippen LogP contribution in [-0.4, -0.2) is 18.1 Å². The smallest absolute Gasteiger partial charge is 0.226 e. The van der Waals surface area contributed by atoms with Crippen LogP contribution in [0.2, 0.25) is 0 Å². The predicted molar refractivity (Wildman–Crippen MR) is 62.3 cm³/mol. The summed E-state index contributed by atoms with van der Waals surface area (Å²) in [5, 5.41) is 3.23. The lowest BCUT2D eigenvalue weighted by molar-refractivity contribution is 0.373. The third kappa shape index (κ3) is 1.53. The molecule has 0 radical (unpaired) electrons. The third-order valence-corrected chi connectivity index (χ3v) is 3.08. The van der Waals surface area contributed by atoms with Gasteiger partial charge in [-0.05, 0) is 18.6 Å². The fraction of sp³-hybridized carbons (Fsp3) is 0.308. The normalized spacial score (nSPS) is 16.1. The summed E-state index contributed by atoms with van der Waals surface area (Å²) in [6.07, 6.45) is 1.85. The van der Waals surface area contributed by atoms with Crippen LogP contribution in [0.4, 0.5) is 0 Å². The molecule has 1 fully saturated rings. The van der Waals surface area contributed by atoms with Crippen LogP contribution in [0.25, 0.3) is 11.5 Å². The Morgan fingerprint density at radius 2 is 2.12 bits per heavy atom. The summed E-state index contributed by atoms with van der Waals surface area (Å²) in [6, 6.07) is 8.16. The first kappa shape index (κ1) is 9.60. The van der Waals surface area contributed by atoms with E-state index in [1.165, 1.54) is 5.56 Å². The summed E-state index contributed by atoms with van der Waals surface area (Å²) in [7, 11) is 0. The second kappa shape index (κ2) is 3.76. The van der Waals surface area contributed by atoms with Gasteiger partial charge in [-0.15, -0.1) is 0 Å². The van der Waals surface area contributed by atoms with Crippen LogP contribution in [0.15, 0.2) is 34.9 Å². The summed E-state index contributed by atoms with van der Waals surface area (Å²) in [5.41, 5.74) is 2.28. The lowest BCUT2D eigenvalue weighted by Crippen LogP contribution is -2.39. The highest BCUT2D eigenvalue weighted by Gasteiger charge is 2.23. The summed E-state index contributed by atoms with van der Waals surface area (Å²) < 4.78 is 5.80. The van der Waals surface area contributed by atoms with Crippen LogP contribution in [0.1, 0.15) is 17.2 Å². The molecule has 1 aromatic carbocycles. The van der Waals surface area contributed by atoms with E-state index in [1.807, 2.05) is 24.4 Å². The van der Waals surface area contributed by atoms with Gasteiger partial charge in [0.15, 0.2) is 0 Å². The zero-order valence-electron chi connectivity index (χ0n) is 9.23. The maximum atomic E-state index is 5.80. The van der Waals surface area contributed by atoms with Crippen LogP contribution >= 0.6 is 0 Å². The molecule has 1 aromatic heterocycles. The minimum atomic E-state index is 0.505. The van der Waals surface area contributed by atoms with E-state index in [0.717, 1.165) is 30.3 Å². The van der Waals surface area contributed by atoms with Crippen LogP contribution in [0.5, 0.6) is 0 Å². The molecule has 3 nitrogen and oxygen atoms in total. The molecule has 0 bridgehead atoms. The Morgan fingerprint density at radius 3 is 2.81 bits per heavy atom. The van der Waals surface area contributed by atoms with Gasteiger partial charge in [-0.25, -0.2) is 4.98 Å². The van der Waals surface area contributed by atoms with Gasteiger partial charge in [-0.2, -0.15) is 0 Å². The molecule has 1 saturated heterocycles. The molecule has 3 heteroatoms. The fourth-order valence-corrected chi connectivity index (χ4v) is 1.90. The number of oxazole rings is 1. The summed E-state index contributed by atoms with van der Waals surface area (Å²) >= 11 is 0. The molecule has 0 amide bonds. The molecule has 2 heterocycles. The number of nitrogens with one attached hydrogen (secondary N) is 1. The Balaban J connectivity index is 1.95. The standard InChI is InChI=1S/C13H14N2O/c1-9-4-2-3-5-11(9)13-15-8-12(16-13)10-6-14-7-10/h2-5,8,10,14H,6-7H2,1H3. The monoisotopic (exact) mass is 214 g/mol. The zero-order chi connectivity index (χ0) is 11.0. The van der Waals surface area contributed by atoms with E-state index in [-0.39, 0.29) is 0 Å². The van der Waals surface area contributed by atoms with Gasteiger partial charge in [-0.3, -0.25) is 0 Å². The van der Waals surface area contributed by atoms with Crippen LogP contribution in [-0.2, 0) is 0 Å². The van der Waals surface area contributed by atoms with E-state index >= 15 is 0 Å². The minimum absolute atomic E-state index is 0.505. The van der Waals surface area contributed by atoms with Crippen molar-refractivity contribution in [2.24, 2.45) is 0 Å². The molecule has 1 N–H and O–H groups in total. The number of rotatable bonds is 2. The van der Waals surface area contributed by atoms with Gasteiger partial charge in [0, 0.05) is 24.6 Å². The van der Waals surface area contributed by atoms with E-state index in [2.05, 4.69) is 23.3 Å². The van der Waals surface area contributed by atoms with E-state index in [1.54, 1.807) is 0 Å². The highest BCUT2D eigenvalue weighted by atomic mass is 16.4. The van der Waals surface area contributed by atoms with Crippen molar-refractivity contribution in [3.63, 3.8) is 0 Å². The largest absolute Gasteiger partial charge is 0.441 e. The molecule has 3 rings (SSSR count). The molecule has 0 aliphatic carbocycles. The van der Waals surface area contributed by atoms with Gasteiger partial charge in [0.25, 0.3) is 0 Å². The van der Waals surface area contributed by atoms with E-state index < -0.39 is 0 Å². The number of hydrogen-bond acceptors (Lipinski definition) is 3. The van der Waals surface area contributed by atoms with Crippen molar-refractivity contribution >= 4 is 0 Å². The molecule has 0 unspecified atom stereocenters. The van der Waals surface area contributed by atoms with Crippen molar-refractivity contribution in [2.75, 3.05) is 13.1 Å². The molecule has 1 aliphatic rings. The van der Waals surface area contributed by atoms with Crippen molar-refractivity contribution in [3.8, 4) is 11.5 Å². The van der Waals surface area contributed by atoms with Crippen LogP contribution < -0.4 is 5.32 Å². The van der Waals surface area contributed by atoms with E-state index in [0.29, 0.717) is 5.92 Å². The number of aromatic nitrogens is 1. The Morgan fingerprint density at radius 1 is 1.31 bits per heavy atom. The van der Waals surface area contributed by atoms with E-state index in [9.17, 15) is 0 Å². The second-order valence-electron chi connectivity index (χ2n) is 4.24. The van der Waals surface area contributed by atoms with Gasteiger partial charge < -0.3 is 9.73 Å². The van der Waals surface area contributed by atoms with Crippen LogP contribution in [0.3, 0.4) is 0 Å². The molecule has 1 aliphatic heterocycles. The van der Waals surface area contributed by atoms with Crippen molar-refractivity contribution in [2.45, 2.75) is 12.8 Å². The summed E-state index contributed by atoms with van der Waals surface area (Å²) in [5.74, 6) is 2.24. The molecular weight excluding hydrogens is 200 g/mol. The molecule has 0 saturated carbocycles. The molecular formula is C13H14N2O. The molecule has 2 aromatic rings. The maximum absolute atomic E-state index is 5.80. The highest BCUT2D eigenvalue weighted by Crippen LogP contribution is 2.27. The Labute approximate surface area is 94.5 Å². The van der Waals surface area contributed by atoms with Crippen molar-refractivity contribution < 1.29 is 4.42 Å². The Kier molecular flexibility index (Phi) is 2.26. The quantitative estimate of drug-likeness (QED) is 0.833. The first-order valence-corrected chi connectivity index (χ1v) is 5.57. The van der Waals surface area contributed by atoms with Gasteiger partial charge in [-0.1, -0.05) is 18.2 Å². The molecule has 82 valence electrons. The Bertz CT molecular complexity index is 500. The highest BCUT2D eigenvalue weighted by molar-refractivity contribution is 5.58. The van der Waals surface area contributed by atoms with Crippen molar-refractivity contribution in [1.29, 1.82) is 0 Å². The number of benzene rings is 1. The number of nitrogens with zero attached hydrogens (tertiary/aromatic N) is 1. The average molecular weight is 214 g/mol. The number of aryl methyl sites for hydroxylation is 1. The van der Waals surface area contributed by atoms with Crippen molar-refractivity contribution in [1.82, 2.24) is 10.3 Å². The average Bonchev–Trinajstić information content (AvgIpc) is 2.65. The third-order valence-electron chi connectivity index (χ3n) is 3.08. The minimum Gasteiger partial charge on any atom is -0.441 e. The predicted octanol–water partition coefficient (Wildman–Crippen LogP) is 2.34. The van der Waals surface area contributed by atoms with Gasteiger partial charge in [0.2, 0.25) is 5.89 Å². The summed E-state index contributed by atoms with van der Waals surface area (Å²) in [6.45, 7) is 4.08. The van der Waals surface area contributed by atoms with Gasteiger partial charge in [0.05, 0.1) is 6.20 Å². The first-order valence-electron chi connectivity index (χ1n) is 5.57. The summed E-state index contributed by atoms with van der Waals surface area (Å²) in [4.78, 5) is 4.36. The van der Waals surface area contributed by atoms with E-state index in [4.69, 9.17) is 4.42 Å². The number of hydrogen-bond donors (Lipinski definition) is 1. The van der Waals surface area contributed by atoms with Gasteiger partial charge >= 0.3 is 0 Å². The van der Waals surface area contributed by atoms with Crippen LogP contribution in [0, 0.1) is 6.92 Å². The molecule has 0 spiro atoms. The first-order chi connectivity index (χ1) is 7.84. The second-order valence-corrected chi connectivity index (χ2v) is 4.24. The fourth-order valence-electron chi connectivity index (χ4n) is 1.90. The lowest BCUT2D eigenvalue weighted by atomic mass is 10.0.